The summed E-state index contributed by atoms with van der Waals surface area (Å²) in [4.78, 5) is 10.6. The molecule has 2 aromatic rings. The zero-order valence-electron chi connectivity index (χ0n) is 11.6. The van der Waals surface area contributed by atoms with E-state index in [1.54, 1.807) is 11.6 Å². The zero-order valence-corrected chi connectivity index (χ0v) is 11.6. The van der Waals surface area contributed by atoms with E-state index in [-0.39, 0.29) is 6.10 Å². The third-order valence-corrected chi connectivity index (χ3v) is 3.35. The summed E-state index contributed by atoms with van der Waals surface area (Å²) in [6.45, 7) is 8.20. The topological polar surface area (TPSA) is 95.0 Å². The van der Waals surface area contributed by atoms with Crippen LogP contribution >= 0.6 is 0 Å². The Hall–Kier alpha value is -2.06. The molecule has 1 saturated heterocycles. The second-order valence-corrected chi connectivity index (χ2v) is 4.94. The van der Waals surface area contributed by atoms with Gasteiger partial charge in [-0.15, -0.1) is 5.10 Å². The third kappa shape index (κ3) is 2.12. The van der Waals surface area contributed by atoms with Gasteiger partial charge in [-0.3, -0.25) is 0 Å². The van der Waals surface area contributed by atoms with Crippen LogP contribution in [0.1, 0.15) is 5.82 Å². The number of nitrogen functional groups attached to an aromatic ring is 1. The number of aromatic nitrogens is 5. The van der Waals surface area contributed by atoms with E-state index in [0.29, 0.717) is 35.1 Å². The third-order valence-electron chi connectivity index (χ3n) is 3.35. The molecule has 20 heavy (non-hydrogen) atoms. The van der Waals surface area contributed by atoms with E-state index in [9.17, 15) is 0 Å². The molecule has 3 heterocycles. The molecule has 0 aromatic carbocycles. The molecule has 0 aliphatic carbocycles. The maximum absolute atomic E-state index is 5.83. The normalized spacial score (nSPS) is 20.4. The molecule has 0 amide bonds. The molecule has 0 radical (unpaired) electrons. The Morgan fingerprint density at radius 1 is 1.45 bits per heavy atom. The van der Waals surface area contributed by atoms with Gasteiger partial charge in [0.05, 0.1) is 12.3 Å². The van der Waals surface area contributed by atoms with Crippen LogP contribution in [0.15, 0.2) is 6.58 Å². The van der Waals surface area contributed by atoms with Crippen molar-refractivity contribution >= 4 is 22.7 Å². The summed E-state index contributed by atoms with van der Waals surface area (Å²) in [6.07, 6.45) is -0.129. The van der Waals surface area contributed by atoms with Crippen molar-refractivity contribution in [2.45, 2.75) is 13.0 Å². The fraction of sp³-hybridized carbons (Fsp3) is 0.500. The molecule has 8 nitrogen and oxygen atoms in total. The number of nitrogens with two attached hydrogens (primary N) is 1. The lowest BCUT2D eigenvalue weighted by Gasteiger charge is -2.30. The monoisotopic (exact) mass is 275 g/mol. The predicted molar refractivity (Wildman–Crippen MR) is 74.8 cm³/mol. The molecule has 1 unspecified atom stereocenters. The molecule has 0 bridgehead atoms. The summed E-state index contributed by atoms with van der Waals surface area (Å²) in [6, 6.07) is 0. The predicted octanol–water partition coefficient (Wildman–Crippen LogP) is -0.0868. The first-order valence-electron chi connectivity index (χ1n) is 6.41. The average molecular weight is 275 g/mol. The van der Waals surface area contributed by atoms with Gasteiger partial charge in [0.25, 0.3) is 0 Å². The van der Waals surface area contributed by atoms with Gasteiger partial charge < -0.3 is 15.4 Å². The molecule has 1 aliphatic heterocycles. The molecule has 1 aliphatic rings. The Kier molecular flexibility index (Phi) is 3.11. The maximum atomic E-state index is 5.83. The van der Waals surface area contributed by atoms with E-state index in [2.05, 4.69) is 31.8 Å². The lowest BCUT2D eigenvalue weighted by atomic mass is 10.2. The first-order chi connectivity index (χ1) is 9.56. The summed E-state index contributed by atoms with van der Waals surface area (Å²) in [5.41, 5.74) is 7.59. The van der Waals surface area contributed by atoms with Gasteiger partial charge in [0.1, 0.15) is 11.9 Å². The second kappa shape index (κ2) is 4.80. The first-order valence-corrected chi connectivity index (χ1v) is 6.41. The van der Waals surface area contributed by atoms with Gasteiger partial charge in [-0.05, 0) is 14.0 Å². The SMILES string of the molecule is C=C(C1CN(C)CCO1)n1nnc2c(N)nc(C)nc21. The minimum absolute atomic E-state index is 0.129. The summed E-state index contributed by atoms with van der Waals surface area (Å²) < 4.78 is 7.33. The summed E-state index contributed by atoms with van der Waals surface area (Å²) in [5.74, 6) is 0.904. The van der Waals surface area contributed by atoms with Crippen LogP contribution in [0, 0.1) is 6.92 Å². The van der Waals surface area contributed by atoms with Crippen molar-refractivity contribution in [2.24, 2.45) is 0 Å². The fourth-order valence-electron chi connectivity index (χ4n) is 2.26. The number of rotatable bonds is 2. The van der Waals surface area contributed by atoms with Gasteiger partial charge in [-0.1, -0.05) is 11.8 Å². The van der Waals surface area contributed by atoms with Crippen LogP contribution in [0.25, 0.3) is 16.9 Å². The standard InChI is InChI=1S/C12H17N7O/c1-7(9-6-18(3)4-5-20-9)19-12-10(16-17-19)11(13)14-8(2)15-12/h9H,1,4-6H2,2-3H3,(H2,13,14,15). The summed E-state index contributed by atoms with van der Waals surface area (Å²) in [5, 5.41) is 8.11. The van der Waals surface area contributed by atoms with Crippen LogP contribution in [0.5, 0.6) is 0 Å². The van der Waals surface area contributed by atoms with Crippen molar-refractivity contribution in [1.29, 1.82) is 0 Å². The number of fused-ring (bicyclic) bond motifs is 1. The molecular formula is C12H17N7O. The number of anilines is 1. The largest absolute Gasteiger partial charge is 0.382 e. The summed E-state index contributed by atoms with van der Waals surface area (Å²) >= 11 is 0. The van der Waals surface area contributed by atoms with Crippen LogP contribution in [-0.2, 0) is 4.74 Å². The number of likely N-dealkylation sites (N-methyl/N-ethyl adjacent to an activating group) is 1. The minimum atomic E-state index is -0.129. The molecular weight excluding hydrogens is 258 g/mol. The van der Waals surface area contributed by atoms with Gasteiger partial charge in [-0.25, -0.2) is 9.97 Å². The van der Waals surface area contributed by atoms with Crippen molar-refractivity contribution in [2.75, 3.05) is 32.5 Å². The Balaban J connectivity index is 1.99. The van der Waals surface area contributed by atoms with Gasteiger partial charge in [0, 0.05) is 13.1 Å². The quantitative estimate of drug-likeness (QED) is 0.818. The fourth-order valence-corrected chi connectivity index (χ4v) is 2.26. The smallest absolute Gasteiger partial charge is 0.188 e. The highest BCUT2D eigenvalue weighted by molar-refractivity contribution is 5.83. The molecule has 0 spiro atoms. The highest BCUT2D eigenvalue weighted by atomic mass is 16.5. The number of hydrogen-bond donors (Lipinski definition) is 1. The molecule has 0 saturated carbocycles. The molecule has 1 atom stereocenters. The molecule has 2 aromatic heterocycles. The lowest BCUT2D eigenvalue weighted by molar-refractivity contribution is 0.00956. The Morgan fingerprint density at radius 2 is 2.25 bits per heavy atom. The van der Waals surface area contributed by atoms with Crippen molar-refractivity contribution < 1.29 is 4.74 Å². The van der Waals surface area contributed by atoms with Gasteiger partial charge >= 0.3 is 0 Å². The molecule has 8 heteroatoms. The van der Waals surface area contributed by atoms with Crippen molar-refractivity contribution in [3.05, 3.63) is 12.4 Å². The van der Waals surface area contributed by atoms with Gasteiger partial charge in [-0.2, -0.15) is 4.68 Å². The first kappa shape index (κ1) is 12.9. The number of nitrogens with zero attached hydrogens (tertiary/aromatic N) is 6. The van der Waals surface area contributed by atoms with Crippen LogP contribution in [-0.4, -0.2) is 62.7 Å². The van der Waals surface area contributed by atoms with Crippen molar-refractivity contribution in [3.63, 3.8) is 0 Å². The van der Waals surface area contributed by atoms with Gasteiger partial charge in [0.15, 0.2) is 17.0 Å². The molecule has 2 N–H and O–H groups in total. The molecule has 1 fully saturated rings. The second-order valence-electron chi connectivity index (χ2n) is 4.94. The maximum Gasteiger partial charge on any atom is 0.188 e. The van der Waals surface area contributed by atoms with Gasteiger partial charge in [0.2, 0.25) is 0 Å². The van der Waals surface area contributed by atoms with Crippen LogP contribution in [0.4, 0.5) is 5.82 Å². The lowest BCUT2D eigenvalue weighted by Crippen LogP contribution is -2.41. The van der Waals surface area contributed by atoms with Crippen LogP contribution in [0.2, 0.25) is 0 Å². The van der Waals surface area contributed by atoms with E-state index in [4.69, 9.17) is 10.5 Å². The van der Waals surface area contributed by atoms with E-state index < -0.39 is 0 Å². The highest BCUT2D eigenvalue weighted by Crippen LogP contribution is 2.21. The minimum Gasteiger partial charge on any atom is -0.382 e. The van der Waals surface area contributed by atoms with E-state index in [1.807, 2.05) is 7.05 Å². The van der Waals surface area contributed by atoms with Crippen LogP contribution < -0.4 is 5.73 Å². The Morgan fingerprint density at radius 3 is 3.00 bits per heavy atom. The number of aryl methyl sites for hydroxylation is 1. The number of ether oxygens (including phenoxy) is 1. The Bertz CT molecular complexity index is 665. The molecule has 106 valence electrons. The number of hydrogen-bond acceptors (Lipinski definition) is 7. The molecule has 3 rings (SSSR count). The van der Waals surface area contributed by atoms with Crippen molar-refractivity contribution in [1.82, 2.24) is 29.9 Å². The van der Waals surface area contributed by atoms with E-state index in [0.717, 1.165) is 13.1 Å². The highest BCUT2D eigenvalue weighted by Gasteiger charge is 2.24. The van der Waals surface area contributed by atoms with Crippen molar-refractivity contribution in [3.8, 4) is 0 Å². The Labute approximate surface area is 116 Å². The van der Waals surface area contributed by atoms with E-state index in [1.165, 1.54) is 0 Å². The summed E-state index contributed by atoms with van der Waals surface area (Å²) in [7, 11) is 2.05. The van der Waals surface area contributed by atoms with Crippen LogP contribution in [0.3, 0.4) is 0 Å². The number of morpholine rings is 1. The van der Waals surface area contributed by atoms with E-state index >= 15 is 0 Å². The zero-order chi connectivity index (χ0) is 14.3. The average Bonchev–Trinajstić information content (AvgIpc) is 2.81.